The molecule has 0 fully saturated rings. The molecule has 3 N–H and O–H groups in total. The number of pyridine rings is 1. The van der Waals surface area contributed by atoms with Gasteiger partial charge >= 0.3 is 6.18 Å². The summed E-state index contributed by atoms with van der Waals surface area (Å²) in [6, 6.07) is 6.49. The maximum Gasteiger partial charge on any atom is 0.418 e. The number of amides is 1. The van der Waals surface area contributed by atoms with Gasteiger partial charge in [-0.2, -0.15) is 23.7 Å². The molecule has 0 radical (unpaired) electrons. The number of hydrogen-bond donors (Lipinski definition) is 2. The minimum absolute atomic E-state index is 0.130. The van der Waals surface area contributed by atoms with Crippen LogP contribution >= 0.6 is 23.4 Å². The molecule has 15 heteroatoms. The molecule has 0 bridgehead atoms. The summed E-state index contributed by atoms with van der Waals surface area (Å²) in [5.41, 5.74) is 3.22. The van der Waals surface area contributed by atoms with E-state index < -0.39 is 34.5 Å². The standard InChI is InChI=1S/C20H13ClF3N7O3S/c1-8(17(32)28-13-4-3-9(21)5-12(13)20(22,23)24)35-18-11(7-26)14(10(6-25)16(27)29-18)15-19(33)34-30-31(15)2/h3-5,8H,1-2H3,(H3-,27,28,29,30,32,33). The SMILES string of the molecule is CC(Sc1nc(N)c(C#N)c(-c2c([O-])on[n+]2C)c1C#N)C(=O)Nc1ccc(Cl)cc1C(F)(F)F. The Morgan fingerprint density at radius 3 is 2.54 bits per heavy atom. The fourth-order valence-corrected chi connectivity index (χ4v) is 4.10. The van der Waals surface area contributed by atoms with Gasteiger partial charge in [-0.1, -0.05) is 28.0 Å². The lowest BCUT2D eigenvalue weighted by Gasteiger charge is -2.17. The first kappa shape index (κ1) is 25.6. The molecule has 10 nitrogen and oxygen atoms in total. The van der Waals surface area contributed by atoms with Gasteiger partial charge in [0.05, 0.1) is 32.9 Å². The van der Waals surface area contributed by atoms with Crippen molar-refractivity contribution in [1.29, 1.82) is 10.5 Å². The number of alkyl halides is 3. The molecule has 0 aliphatic heterocycles. The summed E-state index contributed by atoms with van der Waals surface area (Å²) in [7, 11) is 1.34. The molecule has 1 unspecified atom stereocenters. The molecule has 2 heterocycles. The van der Waals surface area contributed by atoms with E-state index in [9.17, 15) is 33.6 Å². The second-order valence-corrected chi connectivity index (χ2v) is 8.69. The Kier molecular flexibility index (Phi) is 7.09. The fraction of sp³-hybridized carbons (Fsp3) is 0.200. The van der Waals surface area contributed by atoms with Crippen LogP contribution in [-0.2, 0) is 18.0 Å². The van der Waals surface area contributed by atoms with E-state index in [0.717, 1.165) is 10.7 Å². The van der Waals surface area contributed by atoms with Gasteiger partial charge in [-0.05, 0) is 25.1 Å². The summed E-state index contributed by atoms with van der Waals surface area (Å²) >= 11 is 6.35. The van der Waals surface area contributed by atoms with Crippen molar-refractivity contribution < 1.29 is 32.3 Å². The Morgan fingerprint density at radius 2 is 2.00 bits per heavy atom. The molecular formula is C20H13ClF3N7O3S. The second-order valence-electron chi connectivity index (χ2n) is 6.92. The summed E-state index contributed by atoms with van der Waals surface area (Å²) in [6.45, 7) is 1.36. The number of nitrogens with two attached hydrogens (primary N) is 1. The first-order chi connectivity index (χ1) is 16.4. The van der Waals surface area contributed by atoms with Crippen LogP contribution in [0.1, 0.15) is 23.6 Å². The van der Waals surface area contributed by atoms with Gasteiger partial charge in [0.1, 0.15) is 28.5 Å². The average molecular weight is 524 g/mol. The number of nitrogens with one attached hydrogen (secondary N) is 1. The number of nitriles is 2. The maximum atomic E-state index is 13.3. The molecule has 2 aromatic heterocycles. The Hall–Kier alpha value is -4.01. The van der Waals surface area contributed by atoms with Gasteiger partial charge < -0.3 is 20.7 Å². The van der Waals surface area contributed by atoms with Gasteiger partial charge in [-0.3, -0.25) is 4.79 Å². The van der Waals surface area contributed by atoms with Crippen LogP contribution in [0.25, 0.3) is 11.3 Å². The molecule has 35 heavy (non-hydrogen) atoms. The van der Waals surface area contributed by atoms with Crippen molar-refractivity contribution in [2.45, 2.75) is 23.4 Å². The minimum atomic E-state index is -4.78. The highest BCUT2D eigenvalue weighted by Crippen LogP contribution is 2.39. The number of aromatic nitrogens is 3. The summed E-state index contributed by atoms with van der Waals surface area (Å²) in [5.74, 6) is -2.14. The van der Waals surface area contributed by atoms with Crippen LogP contribution in [0.4, 0.5) is 24.7 Å². The van der Waals surface area contributed by atoms with Crippen molar-refractivity contribution in [2.24, 2.45) is 7.05 Å². The smallest absolute Gasteiger partial charge is 0.418 e. The normalized spacial score (nSPS) is 12.0. The zero-order valence-corrected chi connectivity index (χ0v) is 19.3. The number of nitrogen functional groups attached to an aromatic ring is 1. The predicted molar refractivity (Wildman–Crippen MR) is 115 cm³/mol. The van der Waals surface area contributed by atoms with Crippen molar-refractivity contribution in [3.63, 3.8) is 0 Å². The lowest BCUT2D eigenvalue weighted by molar-refractivity contribution is -0.730. The molecule has 1 atom stereocenters. The van der Waals surface area contributed by atoms with Crippen molar-refractivity contribution in [3.05, 3.63) is 39.9 Å². The number of hydrogen-bond acceptors (Lipinski definition) is 9. The van der Waals surface area contributed by atoms with Crippen molar-refractivity contribution in [2.75, 3.05) is 11.1 Å². The molecular weight excluding hydrogens is 511 g/mol. The van der Waals surface area contributed by atoms with Crippen molar-refractivity contribution in [3.8, 4) is 29.3 Å². The van der Waals surface area contributed by atoms with Crippen LogP contribution in [0.2, 0.25) is 5.02 Å². The number of halogens is 4. The zero-order chi connectivity index (χ0) is 26.1. The van der Waals surface area contributed by atoms with Crippen LogP contribution < -0.4 is 20.8 Å². The maximum absolute atomic E-state index is 13.3. The van der Waals surface area contributed by atoms with E-state index in [-0.39, 0.29) is 38.3 Å². The quantitative estimate of drug-likeness (QED) is 0.377. The number of benzene rings is 1. The molecule has 0 saturated carbocycles. The first-order valence-corrected chi connectivity index (χ1v) is 10.7. The Balaban J connectivity index is 2.01. The number of carbonyl (C=O) groups excluding carboxylic acids is 1. The topological polar surface area (TPSA) is 169 Å². The van der Waals surface area contributed by atoms with E-state index in [0.29, 0.717) is 17.8 Å². The van der Waals surface area contributed by atoms with E-state index in [4.69, 9.17) is 17.3 Å². The molecule has 1 aromatic carbocycles. The Labute approximate surface area is 204 Å². The number of rotatable bonds is 5. The monoisotopic (exact) mass is 523 g/mol. The fourth-order valence-electron chi connectivity index (χ4n) is 3.01. The van der Waals surface area contributed by atoms with E-state index in [2.05, 4.69) is 20.1 Å². The molecule has 0 aliphatic rings. The summed E-state index contributed by atoms with van der Waals surface area (Å²) in [5, 5.41) is 35.7. The number of nitrogens with zero attached hydrogens (tertiary/aromatic N) is 5. The number of carbonyl (C=O) groups is 1. The molecule has 180 valence electrons. The lowest BCUT2D eigenvalue weighted by Crippen LogP contribution is -2.32. The molecule has 3 aromatic rings. The second kappa shape index (κ2) is 9.69. The van der Waals surface area contributed by atoms with E-state index in [1.54, 1.807) is 6.07 Å². The van der Waals surface area contributed by atoms with Crippen LogP contribution in [-0.4, -0.2) is 21.4 Å². The third-order valence-corrected chi connectivity index (χ3v) is 5.94. The van der Waals surface area contributed by atoms with Crippen LogP contribution in [0.15, 0.2) is 27.7 Å². The van der Waals surface area contributed by atoms with Gasteiger partial charge in [0.25, 0.3) is 5.69 Å². The third kappa shape index (κ3) is 5.08. The van der Waals surface area contributed by atoms with E-state index in [1.807, 2.05) is 6.07 Å². The van der Waals surface area contributed by atoms with Gasteiger partial charge in [-0.15, -0.1) is 0 Å². The lowest BCUT2D eigenvalue weighted by atomic mass is 10.0. The predicted octanol–water partition coefficient (Wildman–Crippen LogP) is 2.75. The minimum Gasteiger partial charge on any atom is -0.539 e. The summed E-state index contributed by atoms with van der Waals surface area (Å²) in [6.07, 6.45) is -4.78. The average Bonchev–Trinajstić information content (AvgIpc) is 3.11. The highest BCUT2D eigenvalue weighted by atomic mass is 35.5. The van der Waals surface area contributed by atoms with Crippen LogP contribution in [0, 0.1) is 22.7 Å². The molecule has 1 amide bonds. The molecule has 3 rings (SSSR count). The first-order valence-electron chi connectivity index (χ1n) is 9.40. The van der Waals surface area contributed by atoms with Crippen molar-refractivity contribution in [1.82, 2.24) is 10.3 Å². The summed E-state index contributed by atoms with van der Waals surface area (Å²) < 4.78 is 45.6. The van der Waals surface area contributed by atoms with Gasteiger partial charge in [-0.25, -0.2) is 4.98 Å². The zero-order valence-electron chi connectivity index (χ0n) is 17.8. The highest BCUT2D eigenvalue weighted by molar-refractivity contribution is 8.00. The van der Waals surface area contributed by atoms with Crippen LogP contribution in [0.5, 0.6) is 5.95 Å². The molecule has 0 aliphatic carbocycles. The third-order valence-electron chi connectivity index (χ3n) is 4.62. The summed E-state index contributed by atoms with van der Waals surface area (Å²) in [4.78, 5) is 16.7. The van der Waals surface area contributed by atoms with Gasteiger partial charge in [0.2, 0.25) is 5.91 Å². The Bertz CT molecular complexity index is 1390. The van der Waals surface area contributed by atoms with E-state index >= 15 is 0 Å². The number of thioether (sulfide) groups is 1. The Morgan fingerprint density at radius 1 is 1.34 bits per heavy atom. The molecule has 0 saturated heterocycles. The van der Waals surface area contributed by atoms with Gasteiger partial charge in [0.15, 0.2) is 13.0 Å². The molecule has 0 spiro atoms. The number of aryl methyl sites for hydroxylation is 1. The van der Waals surface area contributed by atoms with E-state index in [1.165, 1.54) is 20.0 Å². The van der Waals surface area contributed by atoms with Gasteiger partial charge in [0, 0.05) is 5.02 Å². The largest absolute Gasteiger partial charge is 0.539 e. The number of anilines is 2. The van der Waals surface area contributed by atoms with Crippen LogP contribution in [0.3, 0.4) is 0 Å². The van der Waals surface area contributed by atoms with Crippen molar-refractivity contribution >= 4 is 40.8 Å². The highest BCUT2D eigenvalue weighted by Gasteiger charge is 2.35.